The molecule has 1 heterocycles. The fourth-order valence-electron chi connectivity index (χ4n) is 2.17. The number of para-hydroxylation sites is 1. The van der Waals surface area contributed by atoms with Gasteiger partial charge in [0, 0.05) is 0 Å². The number of halogens is 1. The van der Waals surface area contributed by atoms with E-state index in [0.717, 1.165) is 11.3 Å². The summed E-state index contributed by atoms with van der Waals surface area (Å²) >= 11 is 0.929. The number of aromatic nitrogens is 2. The summed E-state index contributed by atoms with van der Waals surface area (Å²) in [6.45, 7) is -0.0835. The number of anilines is 1. The molecule has 0 aliphatic rings. The van der Waals surface area contributed by atoms with Crippen LogP contribution in [0.25, 0.3) is 0 Å². The van der Waals surface area contributed by atoms with Gasteiger partial charge in [0.05, 0.1) is 18.0 Å². The molecule has 1 amide bonds. The van der Waals surface area contributed by atoms with Gasteiger partial charge >= 0.3 is 0 Å². The minimum atomic E-state index is -3.56. The van der Waals surface area contributed by atoms with E-state index >= 15 is 0 Å². The Hall–Kier alpha value is -2.69. The molecule has 0 aliphatic heterocycles. The van der Waals surface area contributed by atoms with Crippen LogP contribution in [0, 0.1) is 5.82 Å². The van der Waals surface area contributed by atoms with Gasteiger partial charge in [-0.3, -0.25) is 4.79 Å². The number of carbonyl (C=O) groups excluding carboxylic acids is 1. The number of nitrogens with one attached hydrogen (secondary N) is 2. The van der Waals surface area contributed by atoms with Crippen molar-refractivity contribution in [3.63, 3.8) is 0 Å². The molecule has 0 atom stereocenters. The molecule has 10 heteroatoms. The van der Waals surface area contributed by atoms with Crippen LogP contribution in [0.4, 0.5) is 10.1 Å². The number of sulfonamides is 1. The molecule has 0 fully saturated rings. The summed E-state index contributed by atoms with van der Waals surface area (Å²) in [6, 6.07) is 14.5. The summed E-state index contributed by atoms with van der Waals surface area (Å²) < 4.78 is 40.2. The first-order valence-electron chi connectivity index (χ1n) is 7.82. The quantitative estimate of drug-likeness (QED) is 0.628. The molecule has 0 spiro atoms. The highest BCUT2D eigenvalue weighted by Gasteiger charge is 2.17. The summed E-state index contributed by atoms with van der Waals surface area (Å²) in [4.78, 5) is 12.1. The Kier molecular flexibility index (Phi) is 5.89. The summed E-state index contributed by atoms with van der Waals surface area (Å²) in [5.74, 6) is -1.34. The van der Waals surface area contributed by atoms with Crippen LogP contribution in [0.15, 0.2) is 54.6 Å². The van der Waals surface area contributed by atoms with Crippen molar-refractivity contribution < 1.29 is 17.6 Å². The average Bonchev–Trinajstić information content (AvgIpc) is 3.12. The van der Waals surface area contributed by atoms with Crippen LogP contribution in [0.3, 0.4) is 0 Å². The lowest BCUT2D eigenvalue weighted by atomic mass is 10.2. The number of carbonyl (C=O) groups is 1. The first kappa shape index (κ1) is 19.1. The lowest BCUT2D eigenvalue weighted by Gasteiger charge is -2.04. The number of benzene rings is 2. The molecular weight excluding hydrogens is 391 g/mol. The second kappa shape index (κ2) is 8.33. The third-order valence-electron chi connectivity index (χ3n) is 3.43. The maximum Gasteiger partial charge on any atom is 0.286 e. The van der Waals surface area contributed by atoms with Crippen molar-refractivity contribution >= 4 is 33.0 Å². The topological polar surface area (TPSA) is 101 Å². The van der Waals surface area contributed by atoms with E-state index < -0.39 is 21.7 Å². The number of hydrogen-bond donors (Lipinski definition) is 2. The number of nitrogens with zero attached hydrogens (tertiary/aromatic N) is 2. The Morgan fingerprint density at radius 2 is 1.74 bits per heavy atom. The normalized spacial score (nSPS) is 11.3. The van der Waals surface area contributed by atoms with Gasteiger partial charge in [0.25, 0.3) is 5.91 Å². The second-order valence-electron chi connectivity index (χ2n) is 5.50. The molecule has 0 saturated heterocycles. The molecule has 2 aromatic carbocycles. The van der Waals surface area contributed by atoms with E-state index in [1.807, 2.05) is 0 Å². The molecule has 27 heavy (non-hydrogen) atoms. The first-order chi connectivity index (χ1) is 12.9. The predicted molar refractivity (Wildman–Crippen MR) is 100 cm³/mol. The number of amides is 1. The Labute approximate surface area is 159 Å². The van der Waals surface area contributed by atoms with Crippen LogP contribution in [0.1, 0.15) is 20.4 Å². The number of rotatable bonds is 7. The second-order valence-corrected chi connectivity index (χ2v) is 8.37. The predicted octanol–water partition coefficient (Wildman–Crippen LogP) is 2.55. The lowest BCUT2D eigenvalue weighted by Crippen LogP contribution is -2.24. The molecule has 0 aliphatic carbocycles. The molecule has 7 nitrogen and oxygen atoms in total. The van der Waals surface area contributed by atoms with E-state index in [0.29, 0.717) is 10.6 Å². The molecule has 1 aromatic heterocycles. The Balaban J connectivity index is 1.59. The van der Waals surface area contributed by atoms with E-state index in [2.05, 4.69) is 20.2 Å². The molecule has 0 saturated carbocycles. The molecule has 0 unspecified atom stereocenters. The maximum absolute atomic E-state index is 13.6. The van der Waals surface area contributed by atoms with Crippen LogP contribution in [-0.2, 0) is 22.3 Å². The van der Waals surface area contributed by atoms with E-state index in [1.165, 1.54) is 18.2 Å². The van der Waals surface area contributed by atoms with E-state index in [9.17, 15) is 17.6 Å². The number of hydrogen-bond acceptors (Lipinski definition) is 6. The van der Waals surface area contributed by atoms with Gasteiger partial charge in [-0.1, -0.05) is 53.8 Å². The summed E-state index contributed by atoms with van der Waals surface area (Å²) in [5.41, 5.74) is 0.690. The molecule has 0 radical (unpaired) electrons. The van der Waals surface area contributed by atoms with Gasteiger partial charge in [-0.05, 0) is 17.7 Å². The Morgan fingerprint density at radius 3 is 2.48 bits per heavy atom. The largest absolute Gasteiger partial charge is 0.317 e. The van der Waals surface area contributed by atoms with Gasteiger partial charge in [-0.15, -0.1) is 10.2 Å². The fraction of sp³-hybridized carbons (Fsp3) is 0.118. The average molecular weight is 406 g/mol. The minimum Gasteiger partial charge on any atom is -0.317 e. The van der Waals surface area contributed by atoms with Crippen molar-refractivity contribution in [2.24, 2.45) is 0 Å². The standard InChI is InChI=1S/C17H15FN4O3S2/c18-13-8-4-5-9-14(13)20-16(23)17-22-21-15(26-17)10-19-27(24,25)11-12-6-2-1-3-7-12/h1-9,19H,10-11H2,(H,20,23). The molecule has 3 rings (SSSR count). The molecule has 140 valence electrons. The van der Waals surface area contributed by atoms with E-state index in [4.69, 9.17) is 0 Å². The van der Waals surface area contributed by atoms with Gasteiger partial charge < -0.3 is 5.32 Å². The monoisotopic (exact) mass is 406 g/mol. The zero-order valence-electron chi connectivity index (χ0n) is 13.9. The maximum atomic E-state index is 13.6. The highest BCUT2D eigenvalue weighted by Crippen LogP contribution is 2.16. The molecule has 3 aromatic rings. The van der Waals surface area contributed by atoms with Gasteiger partial charge in [0.2, 0.25) is 15.0 Å². The third kappa shape index (κ3) is 5.39. The highest BCUT2D eigenvalue weighted by molar-refractivity contribution is 7.88. The van der Waals surface area contributed by atoms with Gasteiger partial charge in [-0.2, -0.15) is 0 Å². The van der Waals surface area contributed by atoms with Gasteiger partial charge in [-0.25, -0.2) is 17.5 Å². The fourth-order valence-corrected chi connectivity index (χ4v) is 4.03. The van der Waals surface area contributed by atoms with Crippen molar-refractivity contribution in [1.29, 1.82) is 0 Å². The highest BCUT2D eigenvalue weighted by atomic mass is 32.2. The summed E-state index contributed by atoms with van der Waals surface area (Å²) in [6.07, 6.45) is 0. The first-order valence-corrected chi connectivity index (χ1v) is 10.3. The van der Waals surface area contributed by atoms with Crippen LogP contribution in [0.2, 0.25) is 0 Å². The van der Waals surface area contributed by atoms with Crippen molar-refractivity contribution in [3.8, 4) is 0 Å². The summed E-state index contributed by atoms with van der Waals surface area (Å²) in [5, 5.41) is 10.3. The zero-order valence-corrected chi connectivity index (χ0v) is 15.6. The van der Waals surface area contributed by atoms with Crippen molar-refractivity contribution in [2.45, 2.75) is 12.3 Å². The van der Waals surface area contributed by atoms with E-state index in [1.54, 1.807) is 36.4 Å². The summed E-state index contributed by atoms with van der Waals surface area (Å²) in [7, 11) is -3.56. The van der Waals surface area contributed by atoms with Crippen molar-refractivity contribution in [2.75, 3.05) is 5.32 Å². The van der Waals surface area contributed by atoms with Gasteiger partial charge in [0.15, 0.2) is 0 Å². The molecule has 0 bridgehead atoms. The van der Waals surface area contributed by atoms with Crippen molar-refractivity contribution in [1.82, 2.24) is 14.9 Å². The minimum absolute atomic E-state index is 0.00973. The van der Waals surface area contributed by atoms with Gasteiger partial charge in [0.1, 0.15) is 10.8 Å². The van der Waals surface area contributed by atoms with Crippen LogP contribution in [-0.4, -0.2) is 24.5 Å². The Bertz CT molecular complexity index is 1040. The third-order valence-corrected chi connectivity index (χ3v) is 5.65. The SMILES string of the molecule is O=C(Nc1ccccc1F)c1nnc(CNS(=O)(=O)Cc2ccccc2)s1. The molecular formula is C17H15FN4O3S2. The van der Waals surface area contributed by atoms with Crippen LogP contribution in [0.5, 0.6) is 0 Å². The zero-order chi connectivity index (χ0) is 19.3. The van der Waals surface area contributed by atoms with Crippen LogP contribution < -0.4 is 10.0 Å². The van der Waals surface area contributed by atoms with Crippen LogP contribution >= 0.6 is 11.3 Å². The lowest BCUT2D eigenvalue weighted by molar-refractivity contribution is 0.102. The van der Waals surface area contributed by atoms with Crippen molar-refractivity contribution in [3.05, 3.63) is 76.0 Å². The Morgan fingerprint density at radius 1 is 1.04 bits per heavy atom. The molecule has 2 N–H and O–H groups in total. The van der Waals surface area contributed by atoms with E-state index in [-0.39, 0.29) is 23.0 Å². The smallest absolute Gasteiger partial charge is 0.286 e.